The Morgan fingerprint density at radius 1 is 1.29 bits per heavy atom. The molecule has 1 aliphatic rings. The summed E-state index contributed by atoms with van der Waals surface area (Å²) in [5.74, 6) is -1.13. The van der Waals surface area contributed by atoms with Crippen LogP contribution in [0.1, 0.15) is 11.6 Å². The van der Waals surface area contributed by atoms with Gasteiger partial charge >= 0.3 is 0 Å². The molecule has 1 saturated heterocycles. The van der Waals surface area contributed by atoms with Gasteiger partial charge in [0.25, 0.3) is 0 Å². The fourth-order valence-electron chi connectivity index (χ4n) is 2.07. The lowest BCUT2D eigenvalue weighted by atomic mass is 10.1. The normalized spacial score (nSPS) is 19.2. The third-order valence-corrected chi connectivity index (χ3v) is 3.03. The summed E-state index contributed by atoms with van der Waals surface area (Å²) in [5, 5.41) is 3.24. The second kappa shape index (κ2) is 5.53. The van der Waals surface area contributed by atoms with Crippen LogP contribution in [0.2, 0.25) is 0 Å². The van der Waals surface area contributed by atoms with E-state index in [1.807, 2.05) is 0 Å². The Morgan fingerprint density at radius 3 is 2.65 bits per heavy atom. The maximum absolute atomic E-state index is 13.5. The molecule has 1 aliphatic heterocycles. The summed E-state index contributed by atoms with van der Waals surface area (Å²) in [7, 11) is 0. The number of piperazine rings is 1. The molecule has 0 aromatic heterocycles. The average molecular weight is 241 g/mol. The Balaban J connectivity index is 2.00. The van der Waals surface area contributed by atoms with Crippen LogP contribution in [0.5, 0.6) is 0 Å². The smallest absolute Gasteiger partial charge is 0.130 e. The number of nitrogens with zero attached hydrogens (tertiary/aromatic N) is 1. The number of benzene rings is 1. The number of halogens is 2. The number of rotatable bonds is 3. The first-order chi connectivity index (χ1) is 8.16. The third-order valence-electron chi connectivity index (χ3n) is 3.03. The predicted octanol–water partition coefficient (Wildman–Crippen LogP) is 0.870. The first kappa shape index (κ1) is 12.4. The van der Waals surface area contributed by atoms with Gasteiger partial charge in [-0.1, -0.05) is 6.07 Å². The van der Waals surface area contributed by atoms with Crippen LogP contribution in [0.4, 0.5) is 8.78 Å². The zero-order valence-electron chi connectivity index (χ0n) is 9.63. The number of hydrogen-bond donors (Lipinski definition) is 2. The summed E-state index contributed by atoms with van der Waals surface area (Å²) in [6, 6.07) is 3.15. The fraction of sp³-hybridized carbons (Fsp3) is 0.500. The maximum Gasteiger partial charge on any atom is 0.130 e. The zero-order valence-corrected chi connectivity index (χ0v) is 9.63. The van der Waals surface area contributed by atoms with E-state index in [1.165, 1.54) is 12.1 Å². The van der Waals surface area contributed by atoms with Gasteiger partial charge in [0.1, 0.15) is 11.6 Å². The molecule has 1 unspecified atom stereocenters. The molecule has 0 saturated carbocycles. The second-order valence-corrected chi connectivity index (χ2v) is 4.32. The van der Waals surface area contributed by atoms with Gasteiger partial charge in [0.05, 0.1) is 0 Å². The summed E-state index contributed by atoms with van der Waals surface area (Å²) >= 11 is 0. The first-order valence-corrected chi connectivity index (χ1v) is 5.80. The highest BCUT2D eigenvalue weighted by molar-refractivity contribution is 5.22. The number of nitrogens with two attached hydrogens (primary N) is 1. The summed E-state index contributed by atoms with van der Waals surface area (Å²) in [4.78, 5) is 2.18. The molecule has 3 nitrogen and oxygen atoms in total. The van der Waals surface area contributed by atoms with Crippen molar-refractivity contribution in [3.63, 3.8) is 0 Å². The SMILES string of the molecule is NC(CN1CCNCC1)c1ccc(F)cc1F. The molecule has 17 heavy (non-hydrogen) atoms. The Bertz CT molecular complexity index is 378. The van der Waals surface area contributed by atoms with Gasteiger partial charge in [-0.15, -0.1) is 0 Å². The average Bonchev–Trinajstić information content (AvgIpc) is 2.30. The van der Waals surface area contributed by atoms with Crippen LogP contribution in [0.25, 0.3) is 0 Å². The van der Waals surface area contributed by atoms with E-state index in [-0.39, 0.29) is 0 Å². The van der Waals surface area contributed by atoms with Gasteiger partial charge in [-0.3, -0.25) is 4.90 Å². The highest BCUT2D eigenvalue weighted by atomic mass is 19.1. The lowest BCUT2D eigenvalue weighted by Crippen LogP contribution is -2.46. The van der Waals surface area contributed by atoms with Crippen LogP contribution in [0, 0.1) is 11.6 Å². The van der Waals surface area contributed by atoms with Crippen LogP contribution >= 0.6 is 0 Å². The van der Waals surface area contributed by atoms with Crippen LogP contribution < -0.4 is 11.1 Å². The molecule has 1 atom stereocenters. The van der Waals surface area contributed by atoms with Crippen molar-refractivity contribution in [3.8, 4) is 0 Å². The second-order valence-electron chi connectivity index (χ2n) is 4.32. The van der Waals surface area contributed by atoms with Crippen molar-refractivity contribution in [2.75, 3.05) is 32.7 Å². The van der Waals surface area contributed by atoms with Crippen molar-refractivity contribution in [1.82, 2.24) is 10.2 Å². The van der Waals surface area contributed by atoms with Gasteiger partial charge in [0.15, 0.2) is 0 Å². The van der Waals surface area contributed by atoms with Crippen LogP contribution in [-0.4, -0.2) is 37.6 Å². The summed E-state index contributed by atoms with van der Waals surface area (Å²) < 4.78 is 26.3. The Kier molecular flexibility index (Phi) is 4.04. The lowest BCUT2D eigenvalue weighted by Gasteiger charge is -2.29. The quantitative estimate of drug-likeness (QED) is 0.825. The molecule has 1 fully saturated rings. The molecule has 0 radical (unpaired) electrons. The first-order valence-electron chi connectivity index (χ1n) is 5.80. The van der Waals surface area contributed by atoms with Crippen LogP contribution in [-0.2, 0) is 0 Å². The van der Waals surface area contributed by atoms with Gasteiger partial charge in [-0.2, -0.15) is 0 Å². The third kappa shape index (κ3) is 3.21. The molecule has 3 N–H and O–H groups in total. The highest BCUT2D eigenvalue weighted by Crippen LogP contribution is 2.17. The summed E-state index contributed by atoms with van der Waals surface area (Å²) in [6.45, 7) is 4.29. The van der Waals surface area contributed by atoms with Crippen molar-refractivity contribution in [3.05, 3.63) is 35.4 Å². The highest BCUT2D eigenvalue weighted by Gasteiger charge is 2.17. The molecule has 0 aliphatic carbocycles. The van der Waals surface area contributed by atoms with E-state index in [9.17, 15) is 8.78 Å². The molecule has 0 spiro atoms. The minimum absolute atomic E-state index is 0.380. The van der Waals surface area contributed by atoms with Crippen molar-refractivity contribution < 1.29 is 8.78 Å². The molecule has 0 amide bonds. The lowest BCUT2D eigenvalue weighted by molar-refractivity contribution is 0.227. The molecule has 0 bridgehead atoms. The number of hydrogen-bond acceptors (Lipinski definition) is 3. The molecule has 1 aromatic carbocycles. The Labute approximate surface area is 99.6 Å². The summed E-state index contributed by atoms with van der Waals surface area (Å²) in [6.07, 6.45) is 0. The van der Waals surface area contributed by atoms with Crippen molar-refractivity contribution >= 4 is 0 Å². The van der Waals surface area contributed by atoms with Crippen molar-refractivity contribution in [2.24, 2.45) is 5.73 Å². The minimum Gasteiger partial charge on any atom is -0.323 e. The molecule has 94 valence electrons. The fourth-order valence-corrected chi connectivity index (χ4v) is 2.07. The summed E-state index contributed by atoms with van der Waals surface area (Å²) in [5.41, 5.74) is 6.33. The standard InChI is InChI=1S/C12H17F2N3/c13-9-1-2-10(11(14)7-9)12(15)8-17-5-3-16-4-6-17/h1-2,7,12,16H,3-6,8,15H2. The maximum atomic E-state index is 13.5. The largest absolute Gasteiger partial charge is 0.323 e. The van der Waals surface area contributed by atoms with Gasteiger partial charge < -0.3 is 11.1 Å². The number of nitrogens with one attached hydrogen (secondary N) is 1. The molecule has 5 heteroatoms. The van der Waals surface area contributed by atoms with Gasteiger partial charge in [-0.25, -0.2) is 8.78 Å². The molecule has 1 heterocycles. The van der Waals surface area contributed by atoms with Gasteiger partial charge in [0, 0.05) is 50.4 Å². The topological polar surface area (TPSA) is 41.3 Å². The van der Waals surface area contributed by atoms with E-state index >= 15 is 0 Å². The van der Waals surface area contributed by atoms with E-state index in [4.69, 9.17) is 5.73 Å². The Hall–Kier alpha value is -1.04. The minimum atomic E-state index is -0.569. The van der Waals surface area contributed by atoms with E-state index in [2.05, 4.69) is 10.2 Å². The Morgan fingerprint density at radius 2 is 2.00 bits per heavy atom. The van der Waals surface area contributed by atoms with E-state index in [0.717, 1.165) is 32.2 Å². The van der Waals surface area contributed by atoms with Crippen LogP contribution in [0.3, 0.4) is 0 Å². The molecular formula is C12H17F2N3. The van der Waals surface area contributed by atoms with E-state index in [0.29, 0.717) is 12.1 Å². The van der Waals surface area contributed by atoms with Crippen molar-refractivity contribution in [1.29, 1.82) is 0 Å². The van der Waals surface area contributed by atoms with Gasteiger partial charge in [-0.05, 0) is 6.07 Å². The zero-order chi connectivity index (χ0) is 12.3. The van der Waals surface area contributed by atoms with Crippen LogP contribution in [0.15, 0.2) is 18.2 Å². The molecular weight excluding hydrogens is 224 g/mol. The van der Waals surface area contributed by atoms with E-state index in [1.54, 1.807) is 0 Å². The van der Waals surface area contributed by atoms with E-state index < -0.39 is 17.7 Å². The monoisotopic (exact) mass is 241 g/mol. The van der Waals surface area contributed by atoms with Gasteiger partial charge in [0.2, 0.25) is 0 Å². The van der Waals surface area contributed by atoms with Crippen molar-refractivity contribution in [2.45, 2.75) is 6.04 Å². The molecule has 2 rings (SSSR count). The molecule has 1 aromatic rings. The predicted molar refractivity (Wildman–Crippen MR) is 62.6 cm³/mol.